The molecule has 1 aliphatic heterocycles. The van der Waals surface area contributed by atoms with Crippen LogP contribution in [0.2, 0.25) is 0 Å². The number of carbonyl (C=O) groups is 1. The molecule has 3 nitrogen and oxygen atoms in total. The van der Waals surface area contributed by atoms with Gasteiger partial charge in [-0.25, -0.2) is 4.79 Å². The largest absolute Gasteiger partial charge is 0.460 e. The van der Waals surface area contributed by atoms with Crippen molar-refractivity contribution in [1.29, 1.82) is 0 Å². The van der Waals surface area contributed by atoms with Crippen molar-refractivity contribution >= 4 is 12.0 Å². The number of hydrogen-bond acceptors (Lipinski definition) is 3. The highest BCUT2D eigenvalue weighted by Gasteiger charge is 2.16. The molecule has 0 aliphatic carbocycles. The second-order valence-electron chi connectivity index (χ2n) is 4.01. The molecule has 0 unspecified atom stereocenters. The third kappa shape index (κ3) is 4.04. The minimum Gasteiger partial charge on any atom is -0.460 e. The van der Waals surface area contributed by atoms with Gasteiger partial charge in [-0.2, -0.15) is 0 Å². The molecule has 1 aromatic rings. The summed E-state index contributed by atoms with van der Waals surface area (Å²) in [5.74, 6) is -0.315. The van der Waals surface area contributed by atoms with Crippen LogP contribution in [0.4, 0.5) is 0 Å². The van der Waals surface area contributed by atoms with Crippen LogP contribution in [0.15, 0.2) is 36.4 Å². The number of carbonyl (C=O) groups excluding carboxylic acids is 1. The van der Waals surface area contributed by atoms with E-state index in [0.717, 1.165) is 25.0 Å². The summed E-state index contributed by atoms with van der Waals surface area (Å²) in [7, 11) is 0. The van der Waals surface area contributed by atoms with Crippen molar-refractivity contribution in [2.24, 2.45) is 0 Å². The Labute approximate surface area is 101 Å². The fourth-order valence-corrected chi connectivity index (χ4v) is 1.73. The zero-order valence-electron chi connectivity index (χ0n) is 9.67. The molecule has 1 saturated heterocycles. The Morgan fingerprint density at radius 3 is 2.94 bits per heavy atom. The van der Waals surface area contributed by atoms with Crippen molar-refractivity contribution in [3.8, 4) is 0 Å². The van der Waals surface area contributed by atoms with Gasteiger partial charge in [-0.1, -0.05) is 30.3 Å². The standard InChI is InChI=1S/C14H16O3/c15-14(17-11-13-7-4-10-16-13)9-8-12-5-2-1-3-6-12/h1-3,5-6,8-9,13H,4,7,10-11H2/b9-8-/t13-/m1/s1. The summed E-state index contributed by atoms with van der Waals surface area (Å²) in [5, 5.41) is 0. The molecule has 1 aliphatic rings. The highest BCUT2D eigenvalue weighted by atomic mass is 16.6. The van der Waals surface area contributed by atoms with E-state index >= 15 is 0 Å². The maximum atomic E-state index is 11.4. The van der Waals surface area contributed by atoms with Crippen LogP contribution in [0.5, 0.6) is 0 Å². The Morgan fingerprint density at radius 2 is 2.24 bits per heavy atom. The molecule has 1 aromatic carbocycles. The van der Waals surface area contributed by atoms with Crippen LogP contribution in [0.3, 0.4) is 0 Å². The topological polar surface area (TPSA) is 35.5 Å². The normalized spacial score (nSPS) is 19.6. The smallest absolute Gasteiger partial charge is 0.330 e. The molecule has 3 heteroatoms. The van der Waals surface area contributed by atoms with Crippen LogP contribution < -0.4 is 0 Å². The van der Waals surface area contributed by atoms with Crippen LogP contribution >= 0.6 is 0 Å². The van der Waals surface area contributed by atoms with E-state index in [1.807, 2.05) is 30.3 Å². The lowest BCUT2D eigenvalue weighted by Crippen LogP contribution is -2.16. The molecule has 1 atom stereocenters. The third-order valence-corrected chi connectivity index (χ3v) is 2.65. The van der Waals surface area contributed by atoms with E-state index in [-0.39, 0.29) is 12.1 Å². The SMILES string of the molecule is O=C(/C=C\c1ccccc1)OC[C@H]1CCCO1. The number of hydrogen-bond donors (Lipinski definition) is 0. The minimum absolute atomic E-state index is 0.0871. The number of benzene rings is 1. The maximum absolute atomic E-state index is 11.4. The quantitative estimate of drug-likeness (QED) is 0.590. The predicted octanol–water partition coefficient (Wildman–Crippen LogP) is 2.42. The van der Waals surface area contributed by atoms with E-state index in [0.29, 0.717) is 6.61 Å². The molecule has 90 valence electrons. The molecule has 1 fully saturated rings. The van der Waals surface area contributed by atoms with E-state index in [1.54, 1.807) is 6.08 Å². The fourth-order valence-electron chi connectivity index (χ4n) is 1.73. The third-order valence-electron chi connectivity index (χ3n) is 2.65. The van der Waals surface area contributed by atoms with Gasteiger partial charge in [-0.15, -0.1) is 0 Å². The average molecular weight is 232 g/mol. The fraction of sp³-hybridized carbons (Fsp3) is 0.357. The molecule has 2 rings (SSSR count). The first-order valence-corrected chi connectivity index (χ1v) is 5.86. The zero-order chi connectivity index (χ0) is 11.9. The lowest BCUT2D eigenvalue weighted by molar-refractivity contribution is -0.140. The van der Waals surface area contributed by atoms with Crippen molar-refractivity contribution < 1.29 is 14.3 Å². The molecule has 0 saturated carbocycles. The number of rotatable bonds is 4. The molecule has 0 amide bonds. The Hall–Kier alpha value is -1.61. The molecule has 0 N–H and O–H groups in total. The summed E-state index contributed by atoms with van der Waals surface area (Å²) in [5.41, 5.74) is 0.988. The molecule has 17 heavy (non-hydrogen) atoms. The van der Waals surface area contributed by atoms with E-state index in [9.17, 15) is 4.79 Å². The van der Waals surface area contributed by atoms with Gasteiger partial charge in [0.25, 0.3) is 0 Å². The van der Waals surface area contributed by atoms with Gasteiger partial charge in [0.2, 0.25) is 0 Å². The first-order chi connectivity index (χ1) is 8.34. The van der Waals surface area contributed by atoms with Gasteiger partial charge in [0.05, 0.1) is 6.10 Å². The summed E-state index contributed by atoms with van der Waals surface area (Å²) in [6, 6.07) is 9.66. The average Bonchev–Trinajstić information content (AvgIpc) is 2.88. The van der Waals surface area contributed by atoms with Gasteiger partial charge >= 0.3 is 5.97 Å². The summed E-state index contributed by atoms with van der Waals surface area (Å²) in [6.45, 7) is 1.14. The van der Waals surface area contributed by atoms with Crippen LogP contribution in [-0.4, -0.2) is 25.3 Å². The summed E-state index contributed by atoms with van der Waals surface area (Å²) in [6.07, 6.45) is 5.32. The molecular weight excluding hydrogens is 216 g/mol. The Balaban J connectivity index is 1.75. The minimum atomic E-state index is -0.315. The Kier molecular flexibility index (Phi) is 4.33. The molecular formula is C14H16O3. The molecule has 0 bridgehead atoms. The lowest BCUT2D eigenvalue weighted by atomic mass is 10.2. The van der Waals surface area contributed by atoms with Crippen molar-refractivity contribution in [3.63, 3.8) is 0 Å². The highest BCUT2D eigenvalue weighted by molar-refractivity contribution is 5.87. The number of esters is 1. The highest BCUT2D eigenvalue weighted by Crippen LogP contribution is 2.12. The van der Waals surface area contributed by atoms with E-state index in [2.05, 4.69) is 0 Å². The second kappa shape index (κ2) is 6.21. The van der Waals surface area contributed by atoms with Gasteiger partial charge in [-0.3, -0.25) is 0 Å². The summed E-state index contributed by atoms with van der Waals surface area (Å²) < 4.78 is 10.5. The van der Waals surface area contributed by atoms with Gasteiger partial charge in [0.15, 0.2) is 0 Å². The van der Waals surface area contributed by atoms with Crippen molar-refractivity contribution in [2.45, 2.75) is 18.9 Å². The molecule has 1 heterocycles. The van der Waals surface area contributed by atoms with E-state index < -0.39 is 0 Å². The first kappa shape index (κ1) is 11.9. The monoisotopic (exact) mass is 232 g/mol. The summed E-state index contributed by atoms with van der Waals surface area (Å²) in [4.78, 5) is 11.4. The molecule has 0 spiro atoms. The Bertz CT molecular complexity index is 378. The van der Waals surface area contributed by atoms with Gasteiger partial charge in [-0.05, 0) is 24.5 Å². The Morgan fingerprint density at radius 1 is 1.41 bits per heavy atom. The van der Waals surface area contributed by atoms with Gasteiger partial charge in [0.1, 0.15) is 6.61 Å². The van der Waals surface area contributed by atoms with E-state index in [4.69, 9.17) is 9.47 Å². The predicted molar refractivity (Wildman–Crippen MR) is 65.4 cm³/mol. The van der Waals surface area contributed by atoms with Crippen LogP contribution in [0.1, 0.15) is 18.4 Å². The van der Waals surface area contributed by atoms with Crippen LogP contribution in [0.25, 0.3) is 6.08 Å². The summed E-state index contributed by atoms with van der Waals surface area (Å²) >= 11 is 0. The molecule has 0 aromatic heterocycles. The lowest BCUT2D eigenvalue weighted by Gasteiger charge is -2.08. The van der Waals surface area contributed by atoms with Crippen LogP contribution in [-0.2, 0) is 14.3 Å². The molecule has 0 radical (unpaired) electrons. The number of ether oxygens (including phenoxy) is 2. The zero-order valence-corrected chi connectivity index (χ0v) is 9.67. The first-order valence-electron chi connectivity index (χ1n) is 5.86. The maximum Gasteiger partial charge on any atom is 0.330 e. The van der Waals surface area contributed by atoms with Gasteiger partial charge in [0, 0.05) is 12.7 Å². The van der Waals surface area contributed by atoms with Crippen molar-refractivity contribution in [3.05, 3.63) is 42.0 Å². The van der Waals surface area contributed by atoms with Crippen molar-refractivity contribution in [2.75, 3.05) is 13.2 Å². The van der Waals surface area contributed by atoms with E-state index in [1.165, 1.54) is 6.08 Å². The van der Waals surface area contributed by atoms with Crippen LogP contribution in [0, 0.1) is 0 Å². The van der Waals surface area contributed by atoms with Crippen molar-refractivity contribution in [1.82, 2.24) is 0 Å². The van der Waals surface area contributed by atoms with Gasteiger partial charge < -0.3 is 9.47 Å². The second-order valence-corrected chi connectivity index (χ2v) is 4.01.